The van der Waals surface area contributed by atoms with Crippen LogP contribution in [0.4, 0.5) is 4.79 Å². The fraction of sp³-hybridized carbons (Fsp3) is 0.409. The lowest BCUT2D eigenvalue weighted by Crippen LogP contribution is -2.43. The molecule has 5 nitrogen and oxygen atoms in total. The van der Waals surface area contributed by atoms with Gasteiger partial charge in [0.05, 0.1) is 6.54 Å². The summed E-state index contributed by atoms with van der Waals surface area (Å²) in [6.45, 7) is 6.20. The van der Waals surface area contributed by atoms with Gasteiger partial charge in [0.25, 0.3) is 0 Å². The molecule has 1 unspecified atom stereocenters. The van der Waals surface area contributed by atoms with Gasteiger partial charge in [0, 0.05) is 6.54 Å². The Bertz CT molecular complexity index is 682. The maximum atomic E-state index is 12.5. The zero-order valence-corrected chi connectivity index (χ0v) is 16.3. The van der Waals surface area contributed by atoms with Crippen LogP contribution in [-0.4, -0.2) is 47.5 Å². The summed E-state index contributed by atoms with van der Waals surface area (Å²) in [4.78, 5) is 14.1. The number of amides is 1. The van der Waals surface area contributed by atoms with E-state index in [-0.39, 0.29) is 13.2 Å². The van der Waals surface area contributed by atoms with Gasteiger partial charge in [0.1, 0.15) is 24.1 Å². The summed E-state index contributed by atoms with van der Waals surface area (Å²) in [5, 5.41) is 10.4. The molecule has 5 heteroatoms. The van der Waals surface area contributed by atoms with Gasteiger partial charge in [0.15, 0.2) is 0 Å². The molecule has 0 fully saturated rings. The van der Waals surface area contributed by atoms with Crippen molar-refractivity contribution in [2.24, 2.45) is 0 Å². The first-order valence-corrected chi connectivity index (χ1v) is 9.21. The van der Waals surface area contributed by atoms with Crippen molar-refractivity contribution < 1.29 is 19.4 Å². The second-order valence-corrected chi connectivity index (χ2v) is 7.44. The van der Waals surface area contributed by atoms with Gasteiger partial charge in [-0.15, -0.1) is 0 Å². The van der Waals surface area contributed by atoms with Crippen molar-refractivity contribution in [1.82, 2.24) is 4.90 Å². The molecule has 0 bridgehead atoms. The van der Waals surface area contributed by atoms with Gasteiger partial charge >= 0.3 is 6.09 Å². The lowest BCUT2D eigenvalue weighted by molar-refractivity contribution is 0.00945. The largest absolute Gasteiger partial charge is 0.491 e. The molecule has 0 aromatic heterocycles. The van der Waals surface area contributed by atoms with Gasteiger partial charge in [0.2, 0.25) is 0 Å². The Kier molecular flexibility index (Phi) is 7.67. The third kappa shape index (κ3) is 8.13. The molecule has 0 spiro atoms. The van der Waals surface area contributed by atoms with Crippen molar-refractivity contribution in [3.8, 4) is 5.75 Å². The van der Waals surface area contributed by atoms with Gasteiger partial charge in [-0.05, 0) is 44.9 Å². The van der Waals surface area contributed by atoms with Crippen molar-refractivity contribution in [3.05, 3.63) is 66.2 Å². The second kappa shape index (κ2) is 9.97. The number of ether oxygens (including phenoxy) is 2. The molecule has 2 rings (SSSR count). The number of hydrogen-bond donors (Lipinski definition) is 1. The summed E-state index contributed by atoms with van der Waals surface area (Å²) in [7, 11) is 0. The molecule has 1 amide bonds. The lowest BCUT2D eigenvalue weighted by Gasteiger charge is -2.29. The molecule has 146 valence electrons. The number of hydrogen-bond acceptors (Lipinski definition) is 4. The number of aliphatic hydroxyl groups excluding tert-OH is 1. The van der Waals surface area contributed by atoms with E-state index in [1.165, 1.54) is 4.90 Å². The molecule has 2 aromatic rings. The van der Waals surface area contributed by atoms with Crippen LogP contribution in [0.5, 0.6) is 5.75 Å². The first-order valence-electron chi connectivity index (χ1n) is 9.21. The Morgan fingerprint density at radius 1 is 1.04 bits per heavy atom. The number of benzene rings is 2. The predicted octanol–water partition coefficient (Wildman–Crippen LogP) is 3.91. The molecule has 1 N–H and O–H groups in total. The number of carbonyl (C=O) groups excluding carboxylic acids is 1. The maximum absolute atomic E-state index is 12.5. The Labute approximate surface area is 161 Å². The highest BCUT2D eigenvalue weighted by atomic mass is 16.6. The Hall–Kier alpha value is -2.53. The maximum Gasteiger partial charge on any atom is 0.410 e. The zero-order chi connectivity index (χ0) is 19.7. The summed E-state index contributed by atoms with van der Waals surface area (Å²) in [5.74, 6) is 0.685. The molecule has 1 atom stereocenters. The summed E-state index contributed by atoms with van der Waals surface area (Å²) in [5.41, 5.74) is 0.536. The first-order chi connectivity index (χ1) is 12.8. The number of aliphatic hydroxyl groups is 1. The minimum absolute atomic E-state index is 0.106. The van der Waals surface area contributed by atoms with E-state index in [2.05, 4.69) is 0 Å². The second-order valence-electron chi connectivity index (χ2n) is 7.44. The smallest absolute Gasteiger partial charge is 0.410 e. The average molecular weight is 371 g/mol. The average Bonchev–Trinajstić information content (AvgIpc) is 2.63. The fourth-order valence-corrected chi connectivity index (χ4v) is 2.51. The molecule has 0 aliphatic rings. The minimum atomic E-state index is -0.812. The van der Waals surface area contributed by atoms with Crippen LogP contribution in [-0.2, 0) is 11.2 Å². The van der Waals surface area contributed by atoms with Crippen molar-refractivity contribution >= 4 is 6.09 Å². The minimum Gasteiger partial charge on any atom is -0.491 e. The van der Waals surface area contributed by atoms with E-state index < -0.39 is 17.8 Å². The normalized spacial score (nSPS) is 12.3. The third-order valence-electron chi connectivity index (χ3n) is 3.78. The SMILES string of the molecule is CC(C)(C)OC(=O)N(CCc1ccccc1)CC(O)COc1ccccc1. The summed E-state index contributed by atoms with van der Waals surface area (Å²) in [6, 6.07) is 19.2. The van der Waals surface area contributed by atoms with Gasteiger partial charge in [-0.2, -0.15) is 0 Å². The first kappa shape index (κ1) is 20.8. The van der Waals surface area contributed by atoms with Gasteiger partial charge < -0.3 is 19.5 Å². The van der Waals surface area contributed by atoms with Crippen LogP contribution in [0.2, 0.25) is 0 Å². The highest BCUT2D eigenvalue weighted by Crippen LogP contribution is 2.13. The van der Waals surface area contributed by atoms with E-state index >= 15 is 0 Å². The molecule has 0 saturated heterocycles. The van der Waals surface area contributed by atoms with Crippen LogP contribution in [0, 0.1) is 0 Å². The zero-order valence-electron chi connectivity index (χ0n) is 16.3. The highest BCUT2D eigenvalue weighted by Gasteiger charge is 2.24. The predicted molar refractivity (Wildman–Crippen MR) is 106 cm³/mol. The van der Waals surface area contributed by atoms with Crippen LogP contribution >= 0.6 is 0 Å². The monoisotopic (exact) mass is 371 g/mol. The van der Waals surface area contributed by atoms with E-state index in [9.17, 15) is 9.90 Å². The fourth-order valence-electron chi connectivity index (χ4n) is 2.51. The van der Waals surface area contributed by atoms with Crippen molar-refractivity contribution in [1.29, 1.82) is 0 Å². The van der Waals surface area contributed by atoms with Crippen molar-refractivity contribution in [2.45, 2.75) is 38.9 Å². The summed E-state index contributed by atoms with van der Waals surface area (Å²) < 4.78 is 11.1. The molecule has 0 radical (unpaired) electrons. The van der Waals surface area contributed by atoms with E-state index in [1.807, 2.05) is 81.4 Å². The number of nitrogens with zero attached hydrogens (tertiary/aromatic N) is 1. The number of rotatable bonds is 8. The van der Waals surface area contributed by atoms with Crippen LogP contribution < -0.4 is 4.74 Å². The van der Waals surface area contributed by atoms with Crippen molar-refractivity contribution in [2.75, 3.05) is 19.7 Å². The van der Waals surface area contributed by atoms with Crippen LogP contribution in [0.3, 0.4) is 0 Å². The van der Waals surface area contributed by atoms with E-state index in [1.54, 1.807) is 0 Å². The standard InChI is InChI=1S/C22H29NO4/c1-22(2,3)27-21(25)23(15-14-18-10-6-4-7-11-18)16-19(24)17-26-20-12-8-5-9-13-20/h4-13,19,24H,14-17H2,1-3H3. The summed E-state index contributed by atoms with van der Waals surface area (Å²) >= 11 is 0. The summed E-state index contributed by atoms with van der Waals surface area (Å²) in [6.07, 6.45) is -0.558. The molecule has 0 heterocycles. The Morgan fingerprint density at radius 2 is 1.63 bits per heavy atom. The number of para-hydroxylation sites is 1. The molecule has 27 heavy (non-hydrogen) atoms. The van der Waals surface area contributed by atoms with Crippen LogP contribution in [0.15, 0.2) is 60.7 Å². The molecule has 0 saturated carbocycles. The topological polar surface area (TPSA) is 59.0 Å². The van der Waals surface area contributed by atoms with E-state index in [0.29, 0.717) is 18.7 Å². The quantitative estimate of drug-likeness (QED) is 0.764. The Balaban J connectivity index is 1.94. The van der Waals surface area contributed by atoms with Crippen LogP contribution in [0.25, 0.3) is 0 Å². The van der Waals surface area contributed by atoms with Gasteiger partial charge in [-0.1, -0.05) is 48.5 Å². The lowest BCUT2D eigenvalue weighted by atomic mass is 10.1. The molecule has 0 aliphatic heterocycles. The van der Waals surface area contributed by atoms with Gasteiger partial charge in [-0.3, -0.25) is 0 Å². The highest BCUT2D eigenvalue weighted by molar-refractivity contribution is 5.68. The molecule has 0 aliphatic carbocycles. The third-order valence-corrected chi connectivity index (χ3v) is 3.78. The van der Waals surface area contributed by atoms with E-state index in [0.717, 1.165) is 5.56 Å². The molecule has 2 aromatic carbocycles. The molecular formula is C22H29NO4. The number of carbonyl (C=O) groups is 1. The Morgan fingerprint density at radius 3 is 2.22 bits per heavy atom. The van der Waals surface area contributed by atoms with Crippen molar-refractivity contribution in [3.63, 3.8) is 0 Å². The van der Waals surface area contributed by atoms with E-state index in [4.69, 9.17) is 9.47 Å². The van der Waals surface area contributed by atoms with Gasteiger partial charge in [-0.25, -0.2) is 4.79 Å². The van der Waals surface area contributed by atoms with Crippen LogP contribution in [0.1, 0.15) is 26.3 Å². The molecular weight excluding hydrogens is 342 g/mol.